The molecule has 26 heavy (non-hydrogen) atoms. The first-order valence-corrected chi connectivity index (χ1v) is 8.35. The predicted molar refractivity (Wildman–Crippen MR) is 104 cm³/mol. The minimum absolute atomic E-state index is 0.233. The van der Waals surface area contributed by atoms with Crippen molar-refractivity contribution in [3.8, 4) is 5.75 Å². The Balaban J connectivity index is 1.64. The van der Waals surface area contributed by atoms with Gasteiger partial charge in [-0.25, -0.2) is 0 Å². The van der Waals surface area contributed by atoms with Gasteiger partial charge in [0.1, 0.15) is 11.4 Å². The number of carbonyl (C=O) groups excluding carboxylic acids is 1. The molecule has 0 spiro atoms. The van der Waals surface area contributed by atoms with Gasteiger partial charge in [0.15, 0.2) is 0 Å². The minimum atomic E-state index is -0.233. The lowest BCUT2D eigenvalue weighted by Crippen LogP contribution is -2.14. The van der Waals surface area contributed by atoms with E-state index in [2.05, 4.69) is 15.6 Å². The molecular weight excluding hydrogens is 326 g/mol. The summed E-state index contributed by atoms with van der Waals surface area (Å²) in [6.07, 6.45) is 1.63. The fraction of sp³-hybridized carbons (Fsp3) is 0.143. The molecule has 0 aliphatic rings. The Bertz CT molecular complexity index is 892. The number of benzene rings is 2. The molecule has 5 heteroatoms. The smallest absolute Gasteiger partial charge is 0.274 e. The molecule has 0 atom stereocenters. The number of nitrogens with one attached hydrogen (secondary N) is 2. The first kappa shape index (κ1) is 17.5. The van der Waals surface area contributed by atoms with E-state index in [4.69, 9.17) is 4.74 Å². The van der Waals surface area contributed by atoms with Crippen LogP contribution in [0.2, 0.25) is 0 Å². The van der Waals surface area contributed by atoms with Crippen LogP contribution in [0.3, 0.4) is 0 Å². The number of methoxy groups -OCH3 is 1. The van der Waals surface area contributed by atoms with Gasteiger partial charge >= 0.3 is 0 Å². The molecule has 0 saturated heterocycles. The van der Waals surface area contributed by atoms with E-state index in [0.717, 1.165) is 28.3 Å². The molecule has 1 heterocycles. The van der Waals surface area contributed by atoms with Crippen molar-refractivity contribution in [3.63, 3.8) is 0 Å². The van der Waals surface area contributed by atoms with Crippen molar-refractivity contribution in [2.24, 2.45) is 0 Å². The average Bonchev–Trinajstić information content (AvgIpc) is 2.67. The van der Waals surface area contributed by atoms with Gasteiger partial charge in [-0.3, -0.25) is 9.78 Å². The normalized spacial score (nSPS) is 10.2. The maximum absolute atomic E-state index is 12.4. The van der Waals surface area contributed by atoms with E-state index in [1.165, 1.54) is 0 Å². The summed E-state index contributed by atoms with van der Waals surface area (Å²) in [5.74, 6) is 0.594. The second-order valence-corrected chi connectivity index (χ2v) is 5.95. The number of carbonyl (C=O) groups is 1. The van der Waals surface area contributed by atoms with E-state index in [-0.39, 0.29) is 5.91 Å². The summed E-state index contributed by atoms with van der Waals surface area (Å²) in [7, 11) is 1.65. The largest absolute Gasteiger partial charge is 0.497 e. The van der Waals surface area contributed by atoms with Gasteiger partial charge in [-0.05, 0) is 54.4 Å². The maximum atomic E-state index is 12.4. The summed E-state index contributed by atoms with van der Waals surface area (Å²) in [6.45, 7) is 2.63. The van der Waals surface area contributed by atoms with Gasteiger partial charge < -0.3 is 15.4 Å². The fourth-order valence-electron chi connectivity index (χ4n) is 2.53. The Kier molecular flexibility index (Phi) is 5.49. The number of rotatable bonds is 6. The lowest BCUT2D eigenvalue weighted by Gasteiger charge is -2.09. The molecule has 0 radical (unpaired) electrons. The third-order valence-electron chi connectivity index (χ3n) is 3.92. The lowest BCUT2D eigenvalue weighted by molar-refractivity contribution is 0.102. The van der Waals surface area contributed by atoms with E-state index in [1.807, 2.05) is 61.5 Å². The first-order chi connectivity index (χ1) is 12.6. The molecule has 1 aromatic heterocycles. The van der Waals surface area contributed by atoms with Crippen LogP contribution in [0.4, 0.5) is 11.4 Å². The van der Waals surface area contributed by atoms with Gasteiger partial charge in [-0.15, -0.1) is 0 Å². The van der Waals surface area contributed by atoms with E-state index in [0.29, 0.717) is 12.2 Å². The van der Waals surface area contributed by atoms with Gasteiger partial charge in [0, 0.05) is 24.1 Å². The molecule has 0 saturated carbocycles. The molecule has 3 aromatic rings. The summed E-state index contributed by atoms with van der Waals surface area (Å²) in [4.78, 5) is 16.6. The zero-order valence-corrected chi connectivity index (χ0v) is 14.8. The second kappa shape index (κ2) is 8.16. The van der Waals surface area contributed by atoms with E-state index in [1.54, 1.807) is 19.4 Å². The summed E-state index contributed by atoms with van der Waals surface area (Å²) >= 11 is 0. The maximum Gasteiger partial charge on any atom is 0.274 e. The highest BCUT2D eigenvalue weighted by molar-refractivity contribution is 6.03. The number of ether oxygens (including phenoxy) is 1. The second-order valence-electron chi connectivity index (χ2n) is 5.95. The highest BCUT2D eigenvalue weighted by Gasteiger charge is 2.08. The fourth-order valence-corrected chi connectivity index (χ4v) is 2.53. The molecule has 2 N–H and O–H groups in total. The average molecular weight is 347 g/mol. The number of pyridine rings is 1. The van der Waals surface area contributed by atoms with Crippen molar-refractivity contribution in [1.29, 1.82) is 0 Å². The lowest BCUT2D eigenvalue weighted by atomic mass is 10.2. The Morgan fingerprint density at radius 3 is 2.58 bits per heavy atom. The molecule has 0 fully saturated rings. The van der Waals surface area contributed by atoms with Crippen molar-refractivity contribution in [1.82, 2.24) is 4.98 Å². The molecule has 0 unspecified atom stereocenters. The number of amides is 1. The molecular formula is C21H21N3O2. The van der Waals surface area contributed by atoms with Crippen molar-refractivity contribution < 1.29 is 9.53 Å². The van der Waals surface area contributed by atoms with Crippen LogP contribution in [-0.4, -0.2) is 18.0 Å². The summed E-state index contributed by atoms with van der Waals surface area (Å²) in [5, 5.41) is 6.18. The molecule has 2 aromatic carbocycles. The molecule has 132 valence electrons. The molecule has 0 aliphatic heterocycles. The van der Waals surface area contributed by atoms with Crippen LogP contribution < -0.4 is 15.4 Å². The molecule has 3 rings (SSSR count). The predicted octanol–water partition coefficient (Wildman–Crippen LogP) is 4.26. The first-order valence-electron chi connectivity index (χ1n) is 8.35. The zero-order chi connectivity index (χ0) is 18.4. The SMILES string of the molecule is COc1ccc(CNc2ccnc(C(=O)Nc3cccc(C)c3)c2)cc1. The number of aryl methyl sites for hydroxylation is 1. The van der Waals surface area contributed by atoms with Crippen LogP contribution in [0, 0.1) is 6.92 Å². The highest BCUT2D eigenvalue weighted by atomic mass is 16.5. The van der Waals surface area contributed by atoms with Gasteiger partial charge in [-0.2, -0.15) is 0 Å². The van der Waals surface area contributed by atoms with Crippen LogP contribution in [0.5, 0.6) is 5.75 Å². The molecule has 1 amide bonds. The number of aromatic nitrogens is 1. The van der Waals surface area contributed by atoms with Crippen molar-refractivity contribution in [2.75, 3.05) is 17.7 Å². The Labute approximate surface area is 153 Å². The van der Waals surface area contributed by atoms with Gasteiger partial charge in [0.2, 0.25) is 0 Å². The Morgan fingerprint density at radius 1 is 1.04 bits per heavy atom. The van der Waals surface area contributed by atoms with Gasteiger partial charge in [0.05, 0.1) is 7.11 Å². The minimum Gasteiger partial charge on any atom is -0.497 e. The van der Waals surface area contributed by atoms with Crippen LogP contribution >= 0.6 is 0 Å². The van der Waals surface area contributed by atoms with Crippen molar-refractivity contribution >= 4 is 17.3 Å². The molecule has 5 nitrogen and oxygen atoms in total. The van der Waals surface area contributed by atoms with Crippen LogP contribution in [0.25, 0.3) is 0 Å². The van der Waals surface area contributed by atoms with Crippen LogP contribution in [0.15, 0.2) is 66.9 Å². The number of hydrogen-bond acceptors (Lipinski definition) is 4. The van der Waals surface area contributed by atoms with Crippen LogP contribution in [0.1, 0.15) is 21.6 Å². The topological polar surface area (TPSA) is 63.2 Å². The number of hydrogen-bond donors (Lipinski definition) is 2. The molecule has 0 bridgehead atoms. The van der Waals surface area contributed by atoms with Gasteiger partial charge in [-0.1, -0.05) is 24.3 Å². The summed E-state index contributed by atoms with van der Waals surface area (Å²) in [6, 6.07) is 19.1. The third-order valence-corrected chi connectivity index (χ3v) is 3.92. The summed E-state index contributed by atoms with van der Waals surface area (Å²) < 4.78 is 5.16. The van der Waals surface area contributed by atoms with Crippen LogP contribution in [-0.2, 0) is 6.54 Å². The summed E-state index contributed by atoms with van der Waals surface area (Å²) in [5.41, 5.74) is 4.17. The van der Waals surface area contributed by atoms with E-state index < -0.39 is 0 Å². The van der Waals surface area contributed by atoms with E-state index in [9.17, 15) is 4.79 Å². The quantitative estimate of drug-likeness (QED) is 0.699. The van der Waals surface area contributed by atoms with E-state index >= 15 is 0 Å². The third kappa shape index (κ3) is 4.60. The zero-order valence-electron chi connectivity index (χ0n) is 14.8. The van der Waals surface area contributed by atoms with Crippen molar-refractivity contribution in [3.05, 3.63) is 83.7 Å². The van der Waals surface area contributed by atoms with Gasteiger partial charge in [0.25, 0.3) is 5.91 Å². The standard InChI is InChI=1S/C21H21N3O2/c1-15-4-3-5-18(12-15)24-21(25)20-13-17(10-11-22-20)23-14-16-6-8-19(26-2)9-7-16/h3-13H,14H2,1-2H3,(H,22,23)(H,24,25). The Morgan fingerprint density at radius 2 is 1.85 bits per heavy atom. The highest BCUT2D eigenvalue weighted by Crippen LogP contribution is 2.15. The van der Waals surface area contributed by atoms with Crippen molar-refractivity contribution in [2.45, 2.75) is 13.5 Å². The number of anilines is 2. The monoisotopic (exact) mass is 347 g/mol. The molecule has 0 aliphatic carbocycles. The Hall–Kier alpha value is -3.34. The number of nitrogens with zero attached hydrogens (tertiary/aromatic N) is 1.